The predicted octanol–water partition coefficient (Wildman–Crippen LogP) is 4.20. The molecule has 5 nitrogen and oxygen atoms in total. The molecule has 1 amide bonds. The van der Waals surface area contributed by atoms with Crippen molar-refractivity contribution in [1.29, 1.82) is 0 Å². The van der Waals surface area contributed by atoms with Crippen LogP contribution >= 0.6 is 0 Å². The SMILES string of the molecule is Cn1c(-c2ccccc2)c(C(=O)N2CCN(c3ccccn3)CC2)c2ccccc21. The third-order valence-corrected chi connectivity index (χ3v) is 5.91. The maximum atomic E-state index is 13.7. The maximum absolute atomic E-state index is 13.7. The molecular formula is C25H24N4O. The number of nitrogens with zero attached hydrogens (tertiary/aromatic N) is 4. The number of fused-ring (bicyclic) bond motifs is 1. The van der Waals surface area contributed by atoms with Crippen LogP contribution in [0, 0.1) is 0 Å². The van der Waals surface area contributed by atoms with E-state index in [1.165, 1.54) is 0 Å². The van der Waals surface area contributed by atoms with Crippen LogP contribution in [0.15, 0.2) is 79.0 Å². The second-order valence-corrected chi connectivity index (χ2v) is 7.63. The Kier molecular flexibility index (Phi) is 4.71. The zero-order valence-corrected chi connectivity index (χ0v) is 17.0. The van der Waals surface area contributed by atoms with Gasteiger partial charge in [-0.25, -0.2) is 4.98 Å². The summed E-state index contributed by atoms with van der Waals surface area (Å²) < 4.78 is 2.14. The first-order valence-corrected chi connectivity index (χ1v) is 10.3. The number of carbonyl (C=O) groups excluding carboxylic acids is 1. The molecule has 3 heterocycles. The molecule has 4 aromatic rings. The first-order chi connectivity index (χ1) is 14.7. The highest BCUT2D eigenvalue weighted by molar-refractivity contribution is 6.12. The van der Waals surface area contributed by atoms with Crippen LogP contribution in [-0.4, -0.2) is 46.5 Å². The molecule has 0 atom stereocenters. The van der Waals surface area contributed by atoms with Gasteiger partial charge in [-0.3, -0.25) is 4.79 Å². The van der Waals surface area contributed by atoms with Gasteiger partial charge in [-0.2, -0.15) is 0 Å². The molecule has 150 valence electrons. The number of hydrogen-bond acceptors (Lipinski definition) is 3. The highest BCUT2D eigenvalue weighted by Gasteiger charge is 2.28. The molecule has 5 rings (SSSR count). The fraction of sp³-hybridized carbons (Fsp3) is 0.200. The first kappa shape index (κ1) is 18.4. The lowest BCUT2D eigenvalue weighted by molar-refractivity contribution is 0.0749. The Hall–Kier alpha value is -3.60. The van der Waals surface area contributed by atoms with E-state index in [9.17, 15) is 4.79 Å². The number of aryl methyl sites for hydroxylation is 1. The van der Waals surface area contributed by atoms with Crippen molar-refractivity contribution in [3.05, 3.63) is 84.6 Å². The fourth-order valence-corrected chi connectivity index (χ4v) is 4.38. The smallest absolute Gasteiger partial charge is 0.256 e. The van der Waals surface area contributed by atoms with Gasteiger partial charge >= 0.3 is 0 Å². The number of amides is 1. The van der Waals surface area contributed by atoms with E-state index in [0.717, 1.165) is 46.6 Å². The molecule has 0 saturated carbocycles. The van der Waals surface area contributed by atoms with Gasteiger partial charge in [-0.05, 0) is 23.8 Å². The maximum Gasteiger partial charge on any atom is 0.256 e. The number of para-hydroxylation sites is 1. The highest BCUT2D eigenvalue weighted by atomic mass is 16.2. The Labute approximate surface area is 176 Å². The standard InChI is InChI=1S/C25H24N4O/c1-27-21-12-6-5-11-20(21)23(24(27)19-9-3-2-4-10-19)25(30)29-17-15-28(16-18-29)22-13-7-8-14-26-22/h2-14H,15-18H2,1H3. The van der Waals surface area contributed by atoms with E-state index in [1.807, 2.05) is 66.7 Å². The Bertz CT molecular complexity index is 1180. The Morgan fingerprint density at radius 3 is 2.27 bits per heavy atom. The highest BCUT2D eigenvalue weighted by Crippen LogP contribution is 2.34. The van der Waals surface area contributed by atoms with Gasteiger partial charge in [0.1, 0.15) is 5.82 Å². The lowest BCUT2D eigenvalue weighted by Gasteiger charge is -2.35. The van der Waals surface area contributed by atoms with Crippen molar-refractivity contribution in [3.8, 4) is 11.3 Å². The molecule has 5 heteroatoms. The van der Waals surface area contributed by atoms with E-state index >= 15 is 0 Å². The van der Waals surface area contributed by atoms with Gasteiger partial charge in [0.25, 0.3) is 5.91 Å². The van der Waals surface area contributed by atoms with Crippen LogP contribution in [0.25, 0.3) is 22.2 Å². The van der Waals surface area contributed by atoms with Crippen molar-refractivity contribution in [2.75, 3.05) is 31.1 Å². The van der Waals surface area contributed by atoms with Gasteiger partial charge in [-0.15, -0.1) is 0 Å². The Morgan fingerprint density at radius 2 is 1.53 bits per heavy atom. The number of hydrogen-bond donors (Lipinski definition) is 0. The van der Waals surface area contributed by atoms with Gasteiger partial charge in [0, 0.05) is 50.3 Å². The zero-order valence-electron chi connectivity index (χ0n) is 17.0. The summed E-state index contributed by atoms with van der Waals surface area (Å²) in [6, 6.07) is 24.3. The summed E-state index contributed by atoms with van der Waals surface area (Å²) in [6.45, 7) is 2.95. The number of carbonyl (C=O) groups is 1. The summed E-state index contributed by atoms with van der Waals surface area (Å²) in [4.78, 5) is 22.4. The molecule has 0 radical (unpaired) electrons. The molecule has 1 saturated heterocycles. The molecular weight excluding hydrogens is 372 g/mol. The lowest BCUT2D eigenvalue weighted by Crippen LogP contribution is -2.49. The summed E-state index contributed by atoms with van der Waals surface area (Å²) in [5.41, 5.74) is 3.91. The minimum absolute atomic E-state index is 0.103. The first-order valence-electron chi connectivity index (χ1n) is 10.3. The number of anilines is 1. The van der Waals surface area contributed by atoms with Crippen LogP contribution in [0.2, 0.25) is 0 Å². The van der Waals surface area contributed by atoms with E-state index in [0.29, 0.717) is 13.1 Å². The third kappa shape index (κ3) is 3.12. The molecule has 2 aromatic heterocycles. The second kappa shape index (κ2) is 7.67. The zero-order chi connectivity index (χ0) is 20.5. The fourth-order valence-electron chi connectivity index (χ4n) is 4.38. The van der Waals surface area contributed by atoms with Gasteiger partial charge in [0.05, 0.1) is 11.3 Å². The van der Waals surface area contributed by atoms with Crippen LogP contribution in [0.1, 0.15) is 10.4 Å². The van der Waals surface area contributed by atoms with E-state index < -0.39 is 0 Å². The minimum Gasteiger partial charge on any atom is -0.353 e. The molecule has 1 aliphatic rings. The van der Waals surface area contributed by atoms with Crippen molar-refractivity contribution < 1.29 is 4.79 Å². The van der Waals surface area contributed by atoms with E-state index in [2.05, 4.69) is 38.7 Å². The summed E-state index contributed by atoms with van der Waals surface area (Å²) in [5, 5.41) is 1.01. The molecule has 2 aromatic carbocycles. The van der Waals surface area contributed by atoms with Gasteiger partial charge in [0.15, 0.2) is 0 Å². The largest absolute Gasteiger partial charge is 0.353 e. The van der Waals surface area contributed by atoms with Crippen molar-refractivity contribution in [1.82, 2.24) is 14.5 Å². The summed E-state index contributed by atoms with van der Waals surface area (Å²) in [5.74, 6) is 1.08. The van der Waals surface area contributed by atoms with Crippen LogP contribution in [0.3, 0.4) is 0 Å². The second-order valence-electron chi connectivity index (χ2n) is 7.63. The predicted molar refractivity (Wildman–Crippen MR) is 121 cm³/mol. The van der Waals surface area contributed by atoms with Crippen molar-refractivity contribution in [3.63, 3.8) is 0 Å². The van der Waals surface area contributed by atoms with Crippen molar-refractivity contribution >= 4 is 22.6 Å². The average Bonchev–Trinajstić information content (AvgIpc) is 3.12. The lowest BCUT2D eigenvalue weighted by atomic mass is 10.0. The number of benzene rings is 2. The minimum atomic E-state index is 0.103. The molecule has 0 unspecified atom stereocenters. The van der Waals surface area contributed by atoms with Crippen molar-refractivity contribution in [2.45, 2.75) is 0 Å². The molecule has 0 N–H and O–H groups in total. The average molecular weight is 396 g/mol. The van der Waals surface area contributed by atoms with Crippen LogP contribution in [0.4, 0.5) is 5.82 Å². The van der Waals surface area contributed by atoms with Crippen LogP contribution in [0.5, 0.6) is 0 Å². The summed E-state index contributed by atoms with van der Waals surface area (Å²) in [7, 11) is 2.04. The normalized spacial score (nSPS) is 14.3. The van der Waals surface area contributed by atoms with E-state index in [-0.39, 0.29) is 5.91 Å². The topological polar surface area (TPSA) is 41.4 Å². The van der Waals surface area contributed by atoms with E-state index in [4.69, 9.17) is 0 Å². The summed E-state index contributed by atoms with van der Waals surface area (Å²) in [6.07, 6.45) is 1.81. The summed E-state index contributed by atoms with van der Waals surface area (Å²) >= 11 is 0. The number of aromatic nitrogens is 2. The van der Waals surface area contributed by atoms with Crippen LogP contribution in [-0.2, 0) is 7.05 Å². The monoisotopic (exact) mass is 396 g/mol. The third-order valence-electron chi connectivity index (χ3n) is 5.91. The number of rotatable bonds is 3. The molecule has 1 aliphatic heterocycles. The van der Waals surface area contributed by atoms with E-state index in [1.54, 1.807) is 0 Å². The number of piperazine rings is 1. The number of pyridine rings is 1. The molecule has 0 aliphatic carbocycles. The molecule has 0 spiro atoms. The molecule has 30 heavy (non-hydrogen) atoms. The van der Waals surface area contributed by atoms with Crippen molar-refractivity contribution in [2.24, 2.45) is 7.05 Å². The quantitative estimate of drug-likeness (QED) is 0.521. The van der Waals surface area contributed by atoms with Gasteiger partial charge in [-0.1, -0.05) is 54.6 Å². The van der Waals surface area contributed by atoms with Crippen LogP contribution < -0.4 is 4.90 Å². The Morgan fingerprint density at radius 1 is 0.833 bits per heavy atom. The van der Waals surface area contributed by atoms with Gasteiger partial charge in [0.2, 0.25) is 0 Å². The Balaban J connectivity index is 1.50. The van der Waals surface area contributed by atoms with Gasteiger partial charge < -0.3 is 14.4 Å². The molecule has 0 bridgehead atoms. The molecule has 1 fully saturated rings.